The average molecular weight is 177 g/mol. The van der Waals surface area contributed by atoms with Gasteiger partial charge in [0.1, 0.15) is 0 Å². The van der Waals surface area contributed by atoms with Gasteiger partial charge in [-0.1, -0.05) is 6.92 Å². The highest BCUT2D eigenvalue weighted by Gasteiger charge is 1.99. The van der Waals surface area contributed by atoms with E-state index in [0.29, 0.717) is 6.04 Å². The van der Waals surface area contributed by atoms with Crippen molar-refractivity contribution in [2.45, 2.75) is 32.7 Å². The predicted molar refractivity (Wildman–Crippen MR) is 51.3 cm³/mol. The molecule has 68 valence electrons. The third-order valence-corrected chi connectivity index (χ3v) is 2.49. The van der Waals surface area contributed by atoms with Crippen LogP contribution in [0.2, 0.25) is 0 Å². The molecule has 0 heterocycles. The zero-order valence-corrected chi connectivity index (χ0v) is 8.54. The first kappa shape index (κ1) is 11.1. The molecule has 1 N–H and O–H groups in total. The topological polar surface area (TPSA) is 29.1 Å². The lowest BCUT2D eigenvalue weighted by Gasteiger charge is -2.10. The first-order valence-electron chi connectivity index (χ1n) is 4.20. The average Bonchev–Trinajstić information content (AvgIpc) is 1.87. The van der Waals surface area contributed by atoms with E-state index in [0.717, 1.165) is 25.1 Å². The van der Waals surface area contributed by atoms with E-state index in [1.165, 1.54) is 0 Å². The van der Waals surface area contributed by atoms with Crippen molar-refractivity contribution in [3.63, 3.8) is 0 Å². The van der Waals surface area contributed by atoms with Gasteiger partial charge in [-0.15, -0.1) is 0 Å². The summed E-state index contributed by atoms with van der Waals surface area (Å²) in [4.78, 5) is 0. The molecule has 11 heavy (non-hydrogen) atoms. The van der Waals surface area contributed by atoms with E-state index in [9.17, 15) is 4.21 Å². The SMILES string of the molecule is CCNC(C)CCCS(C)=O. The van der Waals surface area contributed by atoms with Crippen LogP contribution in [-0.4, -0.2) is 28.8 Å². The summed E-state index contributed by atoms with van der Waals surface area (Å²) in [6.07, 6.45) is 3.96. The number of hydrogen-bond acceptors (Lipinski definition) is 2. The standard InChI is InChI=1S/C8H19NOS/c1-4-9-8(2)6-5-7-11(3)10/h8-9H,4-7H2,1-3H3. The zero-order chi connectivity index (χ0) is 8.69. The van der Waals surface area contributed by atoms with Crippen molar-refractivity contribution in [1.29, 1.82) is 0 Å². The maximum absolute atomic E-state index is 10.7. The molecule has 0 aromatic rings. The molecule has 0 saturated heterocycles. The maximum Gasteiger partial charge on any atom is 0.0232 e. The van der Waals surface area contributed by atoms with E-state index in [1.54, 1.807) is 6.26 Å². The molecule has 0 spiro atoms. The summed E-state index contributed by atoms with van der Waals surface area (Å²) in [7, 11) is -0.614. The Bertz CT molecular complexity index is 117. The lowest BCUT2D eigenvalue weighted by molar-refractivity contribution is 0.525. The summed E-state index contributed by atoms with van der Waals surface area (Å²) in [6, 6.07) is 0.573. The molecule has 0 aliphatic carbocycles. The van der Waals surface area contributed by atoms with E-state index in [1.807, 2.05) is 0 Å². The van der Waals surface area contributed by atoms with Crippen LogP contribution < -0.4 is 5.32 Å². The highest BCUT2D eigenvalue weighted by molar-refractivity contribution is 7.84. The smallest absolute Gasteiger partial charge is 0.0232 e. The quantitative estimate of drug-likeness (QED) is 0.659. The number of nitrogens with one attached hydrogen (secondary N) is 1. The Kier molecular flexibility index (Phi) is 6.87. The molecule has 0 fully saturated rings. The Hall–Kier alpha value is 0.110. The molecule has 0 aliphatic heterocycles. The van der Waals surface area contributed by atoms with Gasteiger partial charge in [-0.3, -0.25) is 4.21 Å². The Labute approximate surface area is 72.2 Å². The second-order valence-electron chi connectivity index (χ2n) is 2.88. The molecular weight excluding hydrogens is 158 g/mol. The van der Waals surface area contributed by atoms with Crippen LogP contribution in [0.1, 0.15) is 26.7 Å². The van der Waals surface area contributed by atoms with Crippen molar-refractivity contribution in [2.75, 3.05) is 18.6 Å². The van der Waals surface area contributed by atoms with Crippen LogP contribution in [0.3, 0.4) is 0 Å². The molecule has 0 aliphatic rings. The van der Waals surface area contributed by atoms with E-state index < -0.39 is 10.8 Å². The minimum Gasteiger partial charge on any atom is -0.315 e. The molecule has 3 heteroatoms. The van der Waals surface area contributed by atoms with Gasteiger partial charge >= 0.3 is 0 Å². The van der Waals surface area contributed by atoms with Crippen LogP contribution >= 0.6 is 0 Å². The molecule has 0 bridgehead atoms. The van der Waals surface area contributed by atoms with Gasteiger partial charge in [0.25, 0.3) is 0 Å². The molecule has 0 amide bonds. The zero-order valence-electron chi connectivity index (χ0n) is 7.72. The predicted octanol–water partition coefficient (Wildman–Crippen LogP) is 1.14. The van der Waals surface area contributed by atoms with Gasteiger partial charge in [-0.25, -0.2) is 0 Å². The maximum atomic E-state index is 10.7. The summed E-state index contributed by atoms with van der Waals surface area (Å²) in [5.41, 5.74) is 0. The minimum absolute atomic E-state index is 0.573. The second-order valence-corrected chi connectivity index (χ2v) is 4.43. The van der Waals surface area contributed by atoms with E-state index >= 15 is 0 Å². The molecule has 0 aromatic heterocycles. The summed E-state index contributed by atoms with van der Waals surface area (Å²) >= 11 is 0. The van der Waals surface area contributed by atoms with E-state index in [2.05, 4.69) is 19.2 Å². The summed E-state index contributed by atoms with van der Waals surface area (Å²) in [5, 5.41) is 3.32. The normalized spacial score (nSPS) is 16.3. The summed E-state index contributed by atoms with van der Waals surface area (Å²) in [5.74, 6) is 0.843. The monoisotopic (exact) mass is 177 g/mol. The number of rotatable bonds is 6. The van der Waals surface area contributed by atoms with Crippen molar-refractivity contribution in [2.24, 2.45) is 0 Å². The second kappa shape index (κ2) is 6.80. The lowest BCUT2D eigenvalue weighted by atomic mass is 10.2. The highest BCUT2D eigenvalue weighted by Crippen LogP contribution is 1.96. The fourth-order valence-electron chi connectivity index (χ4n) is 1.04. The van der Waals surface area contributed by atoms with Gasteiger partial charge < -0.3 is 5.32 Å². The van der Waals surface area contributed by atoms with Crippen LogP contribution in [0, 0.1) is 0 Å². The molecule has 0 radical (unpaired) electrons. The molecule has 2 nitrogen and oxygen atoms in total. The van der Waals surface area contributed by atoms with Gasteiger partial charge in [0.05, 0.1) is 0 Å². The molecule has 2 unspecified atom stereocenters. The van der Waals surface area contributed by atoms with Gasteiger partial charge in [-0.05, 0) is 26.3 Å². The van der Waals surface area contributed by atoms with E-state index in [4.69, 9.17) is 0 Å². The number of hydrogen-bond donors (Lipinski definition) is 1. The third kappa shape index (κ3) is 8.01. The fourth-order valence-corrected chi connectivity index (χ4v) is 1.62. The highest BCUT2D eigenvalue weighted by atomic mass is 32.2. The fraction of sp³-hybridized carbons (Fsp3) is 1.00. The minimum atomic E-state index is -0.614. The Balaban J connectivity index is 3.16. The molecule has 2 atom stereocenters. The van der Waals surface area contributed by atoms with Crippen molar-refractivity contribution in [3.8, 4) is 0 Å². The summed E-state index contributed by atoms with van der Waals surface area (Å²) < 4.78 is 10.7. The lowest BCUT2D eigenvalue weighted by Crippen LogP contribution is -2.25. The molecule has 0 saturated carbocycles. The Morgan fingerprint density at radius 2 is 2.18 bits per heavy atom. The van der Waals surface area contributed by atoms with E-state index in [-0.39, 0.29) is 0 Å². The van der Waals surface area contributed by atoms with Gasteiger partial charge in [-0.2, -0.15) is 0 Å². The third-order valence-electron chi connectivity index (χ3n) is 1.62. The van der Waals surface area contributed by atoms with Gasteiger partial charge in [0.15, 0.2) is 0 Å². The molecule has 0 aromatic carbocycles. The molecular formula is C8H19NOS. The van der Waals surface area contributed by atoms with Gasteiger partial charge in [0.2, 0.25) is 0 Å². The van der Waals surface area contributed by atoms with Crippen LogP contribution in [0.4, 0.5) is 0 Å². The first-order chi connectivity index (χ1) is 5.16. The summed E-state index contributed by atoms with van der Waals surface area (Å²) in [6.45, 7) is 5.30. The van der Waals surface area contributed by atoms with Crippen LogP contribution in [-0.2, 0) is 10.8 Å². The van der Waals surface area contributed by atoms with Crippen molar-refractivity contribution in [1.82, 2.24) is 5.32 Å². The van der Waals surface area contributed by atoms with Crippen LogP contribution in [0.25, 0.3) is 0 Å². The van der Waals surface area contributed by atoms with Crippen molar-refractivity contribution in [3.05, 3.63) is 0 Å². The Morgan fingerprint density at radius 3 is 2.64 bits per heavy atom. The largest absolute Gasteiger partial charge is 0.315 e. The Morgan fingerprint density at radius 1 is 1.55 bits per heavy atom. The van der Waals surface area contributed by atoms with Crippen molar-refractivity contribution >= 4 is 10.8 Å². The van der Waals surface area contributed by atoms with Crippen molar-refractivity contribution < 1.29 is 4.21 Å². The van der Waals surface area contributed by atoms with Gasteiger partial charge in [0, 0.05) is 28.9 Å². The molecule has 0 rings (SSSR count). The van der Waals surface area contributed by atoms with Crippen LogP contribution in [0.15, 0.2) is 0 Å². The first-order valence-corrected chi connectivity index (χ1v) is 5.93. The van der Waals surface area contributed by atoms with Crippen LogP contribution in [0.5, 0.6) is 0 Å².